The Morgan fingerprint density at radius 1 is 1.03 bits per heavy atom. The van der Waals surface area contributed by atoms with Crippen LogP contribution < -0.4 is 0 Å². The molecule has 1 aromatic rings. The number of carbonyl (C=O) groups is 1. The van der Waals surface area contributed by atoms with E-state index in [2.05, 4.69) is 6.58 Å². The van der Waals surface area contributed by atoms with Crippen molar-refractivity contribution in [2.75, 3.05) is 6.26 Å². The number of allylic oxidation sites excluding steroid dienone is 8. The van der Waals surface area contributed by atoms with E-state index >= 15 is 0 Å². The summed E-state index contributed by atoms with van der Waals surface area (Å²) in [6.07, 6.45) is 7.56. The lowest BCUT2D eigenvalue weighted by atomic mass is 9.98. The van der Waals surface area contributed by atoms with Gasteiger partial charge in [0.1, 0.15) is 5.78 Å². The van der Waals surface area contributed by atoms with Crippen LogP contribution in [0.1, 0.15) is 80.7 Å². The molecule has 0 saturated carbocycles. The summed E-state index contributed by atoms with van der Waals surface area (Å²) in [6.45, 7) is 21.1. The van der Waals surface area contributed by atoms with Crippen LogP contribution in [0.2, 0.25) is 0 Å². The van der Waals surface area contributed by atoms with Crippen molar-refractivity contribution < 1.29 is 13.4 Å². The summed E-state index contributed by atoms with van der Waals surface area (Å²) in [5, 5.41) is 0. The van der Waals surface area contributed by atoms with Gasteiger partial charge in [0.15, 0.2) is 0 Å². The minimum atomic E-state index is -1.03. The molecule has 33 heavy (non-hydrogen) atoms. The summed E-state index contributed by atoms with van der Waals surface area (Å²) in [5.41, 5.74) is 5.24. The van der Waals surface area contributed by atoms with Crippen molar-refractivity contribution >= 4 is 22.7 Å². The third-order valence-corrected chi connectivity index (χ3v) is 5.54. The first-order valence-corrected chi connectivity index (χ1v) is 13.4. The van der Waals surface area contributed by atoms with Gasteiger partial charge in [-0.25, -0.2) is 4.39 Å². The monoisotopic (exact) mass is 474 g/mol. The Labute approximate surface area is 204 Å². The van der Waals surface area contributed by atoms with Crippen LogP contribution in [0.4, 0.5) is 4.39 Å². The Bertz CT molecular complexity index is 909. The molecule has 0 N–H and O–H groups in total. The van der Waals surface area contributed by atoms with Gasteiger partial charge in [0.2, 0.25) is 0 Å². The summed E-state index contributed by atoms with van der Waals surface area (Å²) < 4.78 is 25.3. The Kier molecular flexibility index (Phi) is 18.1. The van der Waals surface area contributed by atoms with Crippen molar-refractivity contribution in [3.8, 4) is 0 Å². The van der Waals surface area contributed by atoms with Gasteiger partial charge < -0.3 is 0 Å². The van der Waals surface area contributed by atoms with E-state index in [0.717, 1.165) is 38.3 Å². The van der Waals surface area contributed by atoms with Gasteiger partial charge >= 0.3 is 0 Å². The molecule has 0 aliphatic heterocycles. The summed E-state index contributed by atoms with van der Waals surface area (Å²) in [6, 6.07) is 7.48. The van der Waals surface area contributed by atoms with Gasteiger partial charge in [0.25, 0.3) is 0 Å². The van der Waals surface area contributed by atoms with Crippen molar-refractivity contribution in [1.82, 2.24) is 0 Å². The molecule has 0 aromatic heterocycles. The van der Waals surface area contributed by atoms with E-state index in [1.807, 2.05) is 85.7 Å². The molecule has 4 heteroatoms. The topological polar surface area (TPSA) is 34.1 Å². The summed E-state index contributed by atoms with van der Waals surface area (Å²) >= 11 is 0. The molecule has 0 spiro atoms. The number of ketones is 1. The molecule has 0 heterocycles. The maximum atomic E-state index is 13.7. The number of benzene rings is 1. The molecule has 0 fully saturated rings. The maximum absolute atomic E-state index is 13.7. The first kappa shape index (κ1) is 32.8. The summed E-state index contributed by atoms with van der Waals surface area (Å²) in [7, 11) is -1.03. The van der Waals surface area contributed by atoms with Crippen molar-refractivity contribution in [2.24, 2.45) is 0 Å². The van der Waals surface area contributed by atoms with Crippen LogP contribution >= 0.6 is 0 Å². The number of halogens is 1. The van der Waals surface area contributed by atoms with Gasteiger partial charge in [-0.15, -0.1) is 0 Å². The molecule has 1 aliphatic rings. The summed E-state index contributed by atoms with van der Waals surface area (Å²) in [5.74, 6) is -0.194. The molecule has 0 amide bonds. The van der Waals surface area contributed by atoms with E-state index < -0.39 is 10.8 Å². The molecule has 2 nitrogen and oxygen atoms in total. The minimum absolute atomic E-state index is 0.117. The molecular formula is C29H43FO2S. The SMILES string of the molecule is C=CC1=C(/C=C(\C)F)C(CC(=O)CC)=C(C)/C1=C\c1ccc(S(C)=O)cc1.CC.CC.CC. The lowest BCUT2D eigenvalue weighted by Gasteiger charge is -2.06. The predicted octanol–water partition coefficient (Wildman–Crippen LogP) is 8.94. The van der Waals surface area contributed by atoms with Crippen LogP contribution in [0.3, 0.4) is 0 Å². The Hall–Kier alpha value is -2.33. The second kappa shape index (κ2) is 18.1. The largest absolute Gasteiger partial charge is 0.299 e. The van der Waals surface area contributed by atoms with Gasteiger partial charge in [-0.05, 0) is 71.6 Å². The van der Waals surface area contributed by atoms with Crippen LogP contribution in [0.25, 0.3) is 6.08 Å². The standard InChI is InChI=1S/C23H25FO2S.3C2H6/c1-6-18(25)14-22-16(4)21(20(7-2)23(22)12-15(3)24)13-17-8-10-19(11-9-17)27(5)26;3*1-2/h7-13H,2,6,14H2,1,3-5H3;3*1-2H3/b15-12+,21-13+;;;. The molecular weight excluding hydrogens is 431 g/mol. The molecule has 0 saturated heterocycles. The zero-order chi connectivity index (χ0) is 26.1. The maximum Gasteiger partial charge on any atom is 0.137 e. The average Bonchev–Trinajstić information content (AvgIpc) is 3.07. The highest BCUT2D eigenvalue weighted by atomic mass is 32.2. The van der Waals surface area contributed by atoms with E-state index in [0.29, 0.717) is 6.42 Å². The fourth-order valence-electron chi connectivity index (χ4n) is 3.12. The van der Waals surface area contributed by atoms with Crippen LogP contribution in [0, 0.1) is 0 Å². The zero-order valence-electron chi connectivity index (χ0n) is 22.3. The molecule has 1 unspecified atom stereocenters. The quantitative estimate of drug-likeness (QED) is 0.395. The molecule has 184 valence electrons. The number of Topliss-reactive ketones (excluding diaryl/α,β-unsaturated/α-hetero) is 1. The van der Waals surface area contributed by atoms with E-state index in [4.69, 9.17) is 0 Å². The van der Waals surface area contributed by atoms with Crippen molar-refractivity contribution in [3.63, 3.8) is 0 Å². The van der Waals surface area contributed by atoms with Crippen LogP contribution in [-0.4, -0.2) is 16.2 Å². The Morgan fingerprint density at radius 3 is 1.94 bits per heavy atom. The Morgan fingerprint density at radius 2 is 1.55 bits per heavy atom. The smallest absolute Gasteiger partial charge is 0.137 e. The van der Waals surface area contributed by atoms with Crippen LogP contribution in [0.5, 0.6) is 0 Å². The van der Waals surface area contributed by atoms with E-state index in [-0.39, 0.29) is 18.0 Å². The van der Waals surface area contributed by atoms with Gasteiger partial charge in [-0.3, -0.25) is 9.00 Å². The third-order valence-electron chi connectivity index (χ3n) is 4.60. The van der Waals surface area contributed by atoms with Gasteiger partial charge in [0.05, 0.1) is 5.83 Å². The molecule has 2 rings (SSSR count). The van der Waals surface area contributed by atoms with E-state index in [1.54, 1.807) is 12.3 Å². The second-order valence-corrected chi connectivity index (χ2v) is 7.90. The normalized spacial score (nSPS) is 15.0. The first-order chi connectivity index (χ1) is 15.8. The fourth-order valence-corrected chi connectivity index (χ4v) is 3.64. The van der Waals surface area contributed by atoms with Gasteiger partial charge in [0, 0.05) is 34.8 Å². The lowest BCUT2D eigenvalue weighted by Crippen LogP contribution is -1.99. The van der Waals surface area contributed by atoms with Crippen molar-refractivity contribution in [1.29, 1.82) is 0 Å². The predicted molar refractivity (Wildman–Crippen MR) is 145 cm³/mol. The molecule has 1 atom stereocenters. The number of hydrogen-bond donors (Lipinski definition) is 0. The number of carbonyl (C=O) groups excluding carboxylic acids is 1. The van der Waals surface area contributed by atoms with E-state index in [1.165, 1.54) is 13.0 Å². The highest BCUT2D eigenvalue weighted by molar-refractivity contribution is 7.84. The van der Waals surface area contributed by atoms with Crippen molar-refractivity contribution in [2.45, 2.75) is 80.1 Å². The average molecular weight is 475 g/mol. The fraction of sp³-hybridized carbons (Fsp3) is 0.414. The van der Waals surface area contributed by atoms with Gasteiger partial charge in [-0.1, -0.05) is 73.3 Å². The Balaban J connectivity index is 0. The minimum Gasteiger partial charge on any atom is -0.299 e. The van der Waals surface area contributed by atoms with Crippen LogP contribution in [-0.2, 0) is 15.6 Å². The zero-order valence-corrected chi connectivity index (χ0v) is 23.1. The number of rotatable bonds is 7. The van der Waals surface area contributed by atoms with Gasteiger partial charge in [-0.2, -0.15) is 0 Å². The molecule has 0 radical (unpaired) electrons. The molecule has 1 aromatic carbocycles. The van der Waals surface area contributed by atoms with E-state index in [9.17, 15) is 13.4 Å². The van der Waals surface area contributed by atoms with Crippen LogP contribution in [0.15, 0.2) is 81.6 Å². The van der Waals surface area contributed by atoms with Crippen molar-refractivity contribution in [3.05, 3.63) is 82.3 Å². The lowest BCUT2D eigenvalue weighted by molar-refractivity contribution is -0.118. The first-order valence-electron chi connectivity index (χ1n) is 11.9. The highest BCUT2D eigenvalue weighted by Gasteiger charge is 2.25. The molecule has 1 aliphatic carbocycles. The second-order valence-electron chi connectivity index (χ2n) is 6.52. The molecule has 0 bridgehead atoms. The third kappa shape index (κ3) is 10.00. The number of hydrogen-bond acceptors (Lipinski definition) is 2. The highest BCUT2D eigenvalue weighted by Crippen LogP contribution is 2.41. The summed E-state index contributed by atoms with van der Waals surface area (Å²) in [4.78, 5) is 12.8.